The van der Waals surface area contributed by atoms with Gasteiger partial charge >= 0.3 is 28.5 Å². The summed E-state index contributed by atoms with van der Waals surface area (Å²) in [6.07, 6.45) is -8.39. The van der Waals surface area contributed by atoms with Crippen molar-refractivity contribution in [3.05, 3.63) is 12.7 Å². The first-order chi connectivity index (χ1) is 10.4. The zero-order chi connectivity index (χ0) is 19.8. The number of methoxy groups -OCH3 is 1. The zero-order valence-corrected chi connectivity index (χ0v) is 13.2. The van der Waals surface area contributed by atoms with Crippen LogP contribution in [0.25, 0.3) is 0 Å². The third-order valence-electron chi connectivity index (χ3n) is 3.16. The van der Waals surface area contributed by atoms with Crippen LogP contribution in [-0.2, 0) is 4.74 Å². The van der Waals surface area contributed by atoms with Crippen molar-refractivity contribution in [1.82, 2.24) is 0 Å². The predicted molar refractivity (Wildman–Crippen MR) is 65.6 cm³/mol. The van der Waals surface area contributed by atoms with E-state index >= 15 is 0 Å². The third kappa shape index (κ3) is 3.31. The van der Waals surface area contributed by atoms with Gasteiger partial charge in [0.1, 0.15) is 0 Å². The van der Waals surface area contributed by atoms with Gasteiger partial charge in [0.05, 0.1) is 0 Å². The van der Waals surface area contributed by atoms with Crippen LogP contribution in [0.4, 0.5) is 43.9 Å². The Morgan fingerprint density at radius 2 is 1.29 bits per heavy atom. The fourth-order valence-electron chi connectivity index (χ4n) is 1.76. The number of rotatable bonds is 8. The van der Waals surface area contributed by atoms with Gasteiger partial charge in [-0.25, -0.2) is 4.39 Å². The van der Waals surface area contributed by atoms with Gasteiger partial charge in [-0.1, -0.05) is 17.7 Å². The molecule has 0 rings (SSSR count). The highest BCUT2D eigenvalue weighted by atomic mass is 35.5. The summed E-state index contributed by atoms with van der Waals surface area (Å²) in [7, 11) is -0.0203. The van der Waals surface area contributed by atoms with Crippen molar-refractivity contribution in [3.63, 3.8) is 0 Å². The molecular weight excluding hydrogens is 409 g/mol. The quantitative estimate of drug-likeness (QED) is 0.270. The van der Waals surface area contributed by atoms with Gasteiger partial charge in [0, 0.05) is 7.11 Å². The summed E-state index contributed by atoms with van der Waals surface area (Å²) < 4.78 is 137. The van der Waals surface area contributed by atoms with Gasteiger partial charge in [-0.3, -0.25) is 0 Å². The van der Waals surface area contributed by atoms with Crippen LogP contribution < -0.4 is 0 Å². The molecule has 0 spiro atoms. The lowest BCUT2D eigenvalue weighted by atomic mass is 9.83. The highest BCUT2D eigenvalue weighted by Crippen LogP contribution is 2.61. The van der Waals surface area contributed by atoms with E-state index in [1.165, 1.54) is 0 Å². The van der Waals surface area contributed by atoms with Gasteiger partial charge in [-0.15, -0.1) is 6.58 Å². The fraction of sp³-hybridized carbons (Fsp3) is 0.818. The van der Waals surface area contributed by atoms with Crippen LogP contribution in [0, 0.1) is 0 Å². The molecule has 0 aliphatic heterocycles. The molecular formula is C11H10Cl2F10O. The molecule has 0 fully saturated rings. The van der Waals surface area contributed by atoms with Crippen LogP contribution in [0.1, 0.15) is 12.8 Å². The second kappa shape index (κ2) is 6.71. The molecule has 144 valence electrons. The fourth-order valence-corrected chi connectivity index (χ4v) is 1.99. The lowest BCUT2D eigenvalue weighted by Gasteiger charge is -2.45. The summed E-state index contributed by atoms with van der Waals surface area (Å²) in [5, 5.41) is -11.9. The van der Waals surface area contributed by atoms with Crippen LogP contribution >= 0.6 is 23.2 Å². The van der Waals surface area contributed by atoms with E-state index in [0.717, 1.165) is 0 Å². The SMILES string of the molecule is C=CCCC(OC)(C(F)(F)F)C(F)(F)C(F)(F)C(F)(Cl)C(F)(F)Cl. The van der Waals surface area contributed by atoms with E-state index in [1.807, 2.05) is 0 Å². The molecule has 24 heavy (non-hydrogen) atoms. The van der Waals surface area contributed by atoms with E-state index in [9.17, 15) is 43.9 Å². The molecule has 0 aromatic carbocycles. The number of alkyl halides is 12. The van der Waals surface area contributed by atoms with Crippen molar-refractivity contribution < 1.29 is 48.6 Å². The Hall–Kier alpha value is -0.420. The molecule has 0 heterocycles. The number of allylic oxidation sites excluding steroid dienone is 1. The molecule has 0 aromatic rings. The van der Waals surface area contributed by atoms with E-state index in [4.69, 9.17) is 0 Å². The Labute approximate surface area is 139 Å². The van der Waals surface area contributed by atoms with Crippen molar-refractivity contribution in [2.24, 2.45) is 0 Å². The molecule has 2 atom stereocenters. The van der Waals surface area contributed by atoms with Crippen LogP contribution in [0.5, 0.6) is 0 Å². The van der Waals surface area contributed by atoms with E-state index in [0.29, 0.717) is 6.08 Å². The Kier molecular flexibility index (Phi) is 6.59. The van der Waals surface area contributed by atoms with Gasteiger partial charge in [-0.05, 0) is 24.4 Å². The predicted octanol–water partition coefficient (Wildman–Crippen LogP) is 5.91. The topological polar surface area (TPSA) is 9.23 Å². The summed E-state index contributed by atoms with van der Waals surface area (Å²) in [5.74, 6) is -13.3. The highest BCUT2D eigenvalue weighted by Gasteiger charge is 2.87. The number of hydrogen-bond donors (Lipinski definition) is 0. The lowest BCUT2D eigenvalue weighted by Crippen LogP contribution is -2.72. The monoisotopic (exact) mass is 418 g/mol. The normalized spacial score (nSPS) is 19.5. The second-order valence-electron chi connectivity index (χ2n) is 4.58. The molecule has 1 nitrogen and oxygen atoms in total. The van der Waals surface area contributed by atoms with Crippen molar-refractivity contribution >= 4 is 23.2 Å². The molecule has 0 bridgehead atoms. The molecule has 0 saturated carbocycles. The minimum absolute atomic E-state index is 0.0203. The average Bonchev–Trinajstić information content (AvgIpc) is 2.36. The zero-order valence-electron chi connectivity index (χ0n) is 11.6. The van der Waals surface area contributed by atoms with Gasteiger partial charge < -0.3 is 4.74 Å². The van der Waals surface area contributed by atoms with E-state index in [-0.39, 0.29) is 7.11 Å². The van der Waals surface area contributed by atoms with E-state index in [2.05, 4.69) is 34.5 Å². The standard InChI is InChI=1S/C11H10Cl2F10O/c1-3-4-5-6(24-2,11(21,22)23)8(15,16)9(17,18)7(12,14)10(13,19)20/h3H,1,4-5H2,2H3. The largest absolute Gasteiger partial charge is 0.423 e. The minimum atomic E-state index is -6.78. The Balaban J connectivity index is 6.52. The average molecular weight is 419 g/mol. The van der Waals surface area contributed by atoms with Crippen molar-refractivity contribution in [2.75, 3.05) is 7.11 Å². The van der Waals surface area contributed by atoms with Crippen molar-refractivity contribution in [1.29, 1.82) is 0 Å². The van der Waals surface area contributed by atoms with Crippen LogP contribution in [0.15, 0.2) is 12.7 Å². The van der Waals surface area contributed by atoms with Gasteiger partial charge in [0.15, 0.2) is 0 Å². The maximum atomic E-state index is 14.0. The van der Waals surface area contributed by atoms with Gasteiger partial charge in [-0.2, -0.15) is 39.5 Å². The molecule has 13 heteroatoms. The summed E-state index contributed by atoms with van der Waals surface area (Å²) in [6.45, 7) is 2.92. The van der Waals surface area contributed by atoms with E-state index in [1.54, 1.807) is 0 Å². The van der Waals surface area contributed by atoms with Crippen LogP contribution in [0.3, 0.4) is 0 Å². The Bertz CT molecular complexity index is 457. The smallest absolute Gasteiger partial charge is 0.363 e. The molecule has 0 aliphatic carbocycles. The molecule has 0 saturated heterocycles. The lowest BCUT2D eigenvalue weighted by molar-refractivity contribution is -0.401. The first-order valence-corrected chi connectivity index (χ1v) is 6.56. The number of ether oxygens (including phenoxy) is 1. The van der Waals surface area contributed by atoms with E-state index < -0.39 is 47.0 Å². The minimum Gasteiger partial charge on any atom is -0.363 e. The summed E-state index contributed by atoms with van der Waals surface area (Å²) >= 11 is 8.05. The first kappa shape index (κ1) is 23.6. The molecule has 0 aromatic heterocycles. The third-order valence-corrected chi connectivity index (χ3v) is 3.99. The van der Waals surface area contributed by atoms with Crippen molar-refractivity contribution in [2.45, 2.75) is 47.0 Å². The molecule has 2 unspecified atom stereocenters. The second-order valence-corrected chi connectivity index (χ2v) is 5.57. The Morgan fingerprint density at radius 1 is 0.875 bits per heavy atom. The molecule has 0 amide bonds. The maximum Gasteiger partial charge on any atom is 0.423 e. The summed E-state index contributed by atoms with van der Waals surface area (Å²) in [5.41, 5.74) is -5.04. The Morgan fingerprint density at radius 3 is 1.54 bits per heavy atom. The number of halogens is 12. The van der Waals surface area contributed by atoms with Gasteiger partial charge in [0.2, 0.25) is 5.60 Å². The highest BCUT2D eigenvalue weighted by molar-refractivity contribution is 6.33. The van der Waals surface area contributed by atoms with Gasteiger partial charge in [0.25, 0.3) is 0 Å². The number of hydrogen-bond acceptors (Lipinski definition) is 1. The molecule has 0 radical (unpaired) electrons. The molecule has 0 aliphatic rings. The molecule has 0 N–H and O–H groups in total. The van der Waals surface area contributed by atoms with Crippen molar-refractivity contribution in [3.8, 4) is 0 Å². The van der Waals surface area contributed by atoms with Crippen LogP contribution in [-0.4, -0.2) is 41.2 Å². The summed E-state index contributed by atoms with van der Waals surface area (Å²) in [4.78, 5) is 0. The van der Waals surface area contributed by atoms with Crippen LogP contribution in [0.2, 0.25) is 0 Å². The maximum absolute atomic E-state index is 14.0. The first-order valence-electron chi connectivity index (χ1n) is 5.80. The summed E-state index contributed by atoms with van der Waals surface area (Å²) in [6, 6.07) is 0.